The summed E-state index contributed by atoms with van der Waals surface area (Å²) in [6.07, 6.45) is -0.418. The molecule has 5 N–H and O–H groups in total. The number of benzene rings is 1. The minimum absolute atomic E-state index is 0.00166. The number of carboxylic acid groups (broad SMARTS) is 1. The Morgan fingerprint density at radius 2 is 1.89 bits per heavy atom. The number of rotatable bonds is 8. The molecule has 46 heavy (non-hydrogen) atoms. The van der Waals surface area contributed by atoms with Gasteiger partial charge in [-0.1, -0.05) is 0 Å². The zero-order chi connectivity index (χ0) is 33.6. The van der Waals surface area contributed by atoms with Gasteiger partial charge in [0.1, 0.15) is 6.54 Å². The van der Waals surface area contributed by atoms with E-state index in [0.29, 0.717) is 36.2 Å². The van der Waals surface area contributed by atoms with Gasteiger partial charge < -0.3 is 30.9 Å². The van der Waals surface area contributed by atoms with Crippen LogP contribution in [-0.2, 0) is 29.4 Å². The molecule has 0 spiro atoms. The summed E-state index contributed by atoms with van der Waals surface area (Å²) in [5.74, 6) is -1.04. The zero-order valence-corrected chi connectivity index (χ0v) is 24.9. The van der Waals surface area contributed by atoms with Crippen LogP contribution in [0, 0.1) is 24.2 Å². The lowest BCUT2D eigenvalue weighted by Crippen LogP contribution is -2.54. The summed E-state index contributed by atoms with van der Waals surface area (Å²) in [7, 11) is 1.40. The summed E-state index contributed by atoms with van der Waals surface area (Å²) in [6.45, 7) is 2.63. The van der Waals surface area contributed by atoms with Crippen molar-refractivity contribution in [2.45, 2.75) is 51.0 Å². The maximum atomic E-state index is 13.6. The number of amides is 3. The van der Waals surface area contributed by atoms with E-state index in [2.05, 4.69) is 31.3 Å². The van der Waals surface area contributed by atoms with E-state index in [1.165, 1.54) is 11.6 Å². The summed E-state index contributed by atoms with van der Waals surface area (Å²) < 4.78 is 42.9. The summed E-state index contributed by atoms with van der Waals surface area (Å²) in [6, 6.07) is 6.48. The number of imidazole rings is 1. The van der Waals surface area contributed by atoms with Crippen LogP contribution in [0.25, 0.3) is 11.3 Å². The third-order valence-electron chi connectivity index (χ3n) is 7.71. The standard InChI is InChI=1S/C28H30F3N9O3.CH2O2/c1-15-9-17(3-4-20(15)26(42)37-19-10-18(11-19)36-25(41)16-5-7-33-12-16)35-27(43)24-34-13-22(39(24)2)21-14-40(8-6-32)38-23(21)28(29,30)31;2-1-3/h3-4,9,13-14,16,18-19,33H,5,7-8,10-12H2,1-2H3,(H,35,43)(H,36,41)(H,37,42);1H,(H,2,3)/t16-,18?,19?;/m1./s1. The molecule has 3 aromatic rings. The van der Waals surface area contributed by atoms with Crippen LogP contribution in [0.15, 0.2) is 30.6 Å². The molecule has 244 valence electrons. The van der Waals surface area contributed by atoms with E-state index < -0.39 is 17.8 Å². The number of carbonyl (C=O) groups is 4. The van der Waals surface area contributed by atoms with Crippen molar-refractivity contribution < 1.29 is 37.5 Å². The highest BCUT2D eigenvalue weighted by Crippen LogP contribution is 2.36. The SMILES string of the molecule is Cc1cc(NC(=O)c2ncc(-c3cn(CC#N)nc3C(F)(F)F)n2C)ccc1C(=O)NC1CC(NC(=O)[C@@H]2CCNC2)C1.O=CO. The number of anilines is 1. The van der Waals surface area contributed by atoms with E-state index in [1.807, 2.05) is 0 Å². The average molecular weight is 644 g/mol. The molecule has 0 radical (unpaired) electrons. The highest BCUT2D eigenvalue weighted by molar-refractivity contribution is 6.03. The van der Waals surface area contributed by atoms with Gasteiger partial charge in [0.25, 0.3) is 18.3 Å². The summed E-state index contributed by atoms with van der Waals surface area (Å²) in [4.78, 5) is 50.5. The molecule has 17 heteroatoms. The van der Waals surface area contributed by atoms with Crippen LogP contribution >= 0.6 is 0 Å². The Kier molecular flexibility index (Phi) is 10.4. The molecule has 1 aliphatic carbocycles. The van der Waals surface area contributed by atoms with Gasteiger partial charge in [-0.25, -0.2) is 4.98 Å². The highest BCUT2D eigenvalue weighted by atomic mass is 19.4. The number of alkyl halides is 3. The second-order valence-corrected chi connectivity index (χ2v) is 10.9. The molecule has 2 aromatic heterocycles. The smallest absolute Gasteiger partial charge is 0.435 e. The van der Waals surface area contributed by atoms with Gasteiger partial charge in [0.2, 0.25) is 5.91 Å². The van der Waals surface area contributed by atoms with Gasteiger partial charge in [0.15, 0.2) is 11.5 Å². The molecular formula is C29H32F3N9O5. The molecule has 14 nitrogen and oxygen atoms in total. The predicted octanol–water partition coefficient (Wildman–Crippen LogP) is 2.07. The lowest BCUT2D eigenvalue weighted by molar-refractivity contribution is -0.141. The van der Waals surface area contributed by atoms with E-state index in [-0.39, 0.29) is 59.9 Å². The predicted molar refractivity (Wildman–Crippen MR) is 156 cm³/mol. The van der Waals surface area contributed by atoms with Crippen molar-refractivity contribution in [3.63, 3.8) is 0 Å². The van der Waals surface area contributed by atoms with E-state index in [1.54, 1.807) is 31.2 Å². The number of nitriles is 1. The van der Waals surface area contributed by atoms with Crippen molar-refractivity contribution in [3.05, 3.63) is 53.2 Å². The molecule has 1 saturated carbocycles. The van der Waals surface area contributed by atoms with Crippen molar-refractivity contribution in [1.29, 1.82) is 5.26 Å². The number of halogens is 3. The third kappa shape index (κ3) is 7.69. The molecule has 1 saturated heterocycles. The number of nitrogens with zero attached hydrogens (tertiary/aromatic N) is 5. The molecule has 1 atom stereocenters. The summed E-state index contributed by atoms with van der Waals surface area (Å²) >= 11 is 0. The van der Waals surface area contributed by atoms with Crippen molar-refractivity contribution in [2.75, 3.05) is 18.4 Å². The number of carbonyl (C=O) groups excluding carboxylic acids is 3. The molecule has 2 aliphatic rings. The first-order chi connectivity index (χ1) is 21.9. The Bertz CT molecular complexity index is 1650. The largest absolute Gasteiger partial charge is 0.483 e. The first kappa shape index (κ1) is 33.6. The van der Waals surface area contributed by atoms with Crippen molar-refractivity contribution in [3.8, 4) is 17.3 Å². The maximum Gasteiger partial charge on any atom is 0.435 e. The molecule has 1 aromatic carbocycles. The number of aromatic nitrogens is 4. The Morgan fingerprint density at radius 1 is 1.20 bits per heavy atom. The average Bonchev–Trinajstić information content (AvgIpc) is 3.72. The van der Waals surface area contributed by atoms with Gasteiger partial charge in [-0.3, -0.25) is 23.9 Å². The summed E-state index contributed by atoms with van der Waals surface area (Å²) in [5, 5.41) is 31.1. The number of aryl methyl sites for hydroxylation is 1. The third-order valence-corrected chi connectivity index (χ3v) is 7.71. The van der Waals surface area contributed by atoms with Crippen LogP contribution < -0.4 is 21.3 Å². The highest BCUT2D eigenvalue weighted by Gasteiger charge is 2.39. The second kappa shape index (κ2) is 14.2. The van der Waals surface area contributed by atoms with Crippen molar-refractivity contribution in [2.24, 2.45) is 13.0 Å². The quantitative estimate of drug-likeness (QED) is 0.228. The molecular weight excluding hydrogens is 611 g/mol. The van der Waals surface area contributed by atoms with E-state index in [0.717, 1.165) is 30.0 Å². The Labute approximate surface area is 261 Å². The Hall–Kier alpha value is -5.24. The fourth-order valence-electron chi connectivity index (χ4n) is 5.34. The van der Waals surface area contributed by atoms with E-state index in [4.69, 9.17) is 15.2 Å². The number of hydrogen-bond donors (Lipinski definition) is 5. The molecule has 3 heterocycles. The van der Waals surface area contributed by atoms with Crippen LogP contribution in [0.4, 0.5) is 18.9 Å². The topological polar surface area (TPSA) is 196 Å². The molecule has 3 amide bonds. The van der Waals surface area contributed by atoms with Gasteiger partial charge in [0.05, 0.1) is 29.4 Å². The lowest BCUT2D eigenvalue weighted by atomic mass is 9.86. The molecule has 1 aliphatic heterocycles. The minimum Gasteiger partial charge on any atom is -0.483 e. The summed E-state index contributed by atoms with van der Waals surface area (Å²) in [5.41, 5.74) is -0.0999. The number of nitrogens with one attached hydrogen (secondary N) is 4. The molecule has 2 fully saturated rings. The van der Waals surface area contributed by atoms with Crippen LogP contribution in [-0.4, -0.2) is 73.8 Å². The van der Waals surface area contributed by atoms with Crippen molar-refractivity contribution >= 4 is 29.9 Å². The van der Waals surface area contributed by atoms with Gasteiger partial charge in [-0.2, -0.15) is 23.5 Å². The van der Waals surface area contributed by atoms with E-state index in [9.17, 15) is 27.6 Å². The van der Waals surface area contributed by atoms with Crippen LogP contribution in [0.3, 0.4) is 0 Å². The normalized spacial score (nSPS) is 18.7. The van der Waals surface area contributed by atoms with Gasteiger partial charge in [0, 0.05) is 43.1 Å². The molecule has 0 unspecified atom stereocenters. The second-order valence-electron chi connectivity index (χ2n) is 10.9. The van der Waals surface area contributed by atoms with Crippen molar-refractivity contribution in [1.82, 2.24) is 35.3 Å². The van der Waals surface area contributed by atoms with Crippen LogP contribution in [0.2, 0.25) is 0 Å². The molecule has 0 bridgehead atoms. The number of hydrogen-bond acceptors (Lipinski definition) is 8. The maximum absolute atomic E-state index is 13.6. The van der Waals surface area contributed by atoms with Crippen LogP contribution in [0.1, 0.15) is 51.5 Å². The lowest BCUT2D eigenvalue weighted by Gasteiger charge is -2.36. The Balaban J connectivity index is 0.00000154. The first-order valence-electron chi connectivity index (χ1n) is 14.2. The van der Waals surface area contributed by atoms with Gasteiger partial charge >= 0.3 is 6.18 Å². The minimum atomic E-state index is -4.78. The van der Waals surface area contributed by atoms with Gasteiger partial charge in [-0.05, 0) is 56.5 Å². The molecule has 5 rings (SSSR count). The first-order valence-corrected chi connectivity index (χ1v) is 14.2. The monoisotopic (exact) mass is 643 g/mol. The van der Waals surface area contributed by atoms with Gasteiger partial charge in [-0.15, -0.1) is 0 Å². The van der Waals surface area contributed by atoms with E-state index >= 15 is 0 Å². The Morgan fingerprint density at radius 3 is 2.50 bits per heavy atom. The zero-order valence-electron chi connectivity index (χ0n) is 24.9. The fourth-order valence-corrected chi connectivity index (χ4v) is 5.34. The fraction of sp³-hybridized carbons (Fsp3) is 0.414. The van der Waals surface area contributed by atoms with Crippen LogP contribution in [0.5, 0.6) is 0 Å².